The highest BCUT2D eigenvalue weighted by atomic mass is 19.1. The van der Waals surface area contributed by atoms with Crippen LogP contribution in [0.3, 0.4) is 0 Å². The minimum atomic E-state index is -0.622. The van der Waals surface area contributed by atoms with Gasteiger partial charge in [0.2, 0.25) is 11.8 Å². The number of carbonyl (C=O) groups is 2. The van der Waals surface area contributed by atoms with Gasteiger partial charge < -0.3 is 10.6 Å². The number of carbonyl (C=O) groups excluding carboxylic acids is 2. The quantitative estimate of drug-likeness (QED) is 0.937. The average molecular weight is 330 g/mol. The molecule has 4 nitrogen and oxygen atoms in total. The molecule has 0 radical (unpaired) electrons. The van der Waals surface area contributed by atoms with Crippen molar-refractivity contribution in [1.82, 2.24) is 0 Å². The van der Waals surface area contributed by atoms with Gasteiger partial charge in [0.05, 0.1) is 0 Å². The van der Waals surface area contributed by atoms with Crippen LogP contribution in [0.15, 0.2) is 42.5 Å². The van der Waals surface area contributed by atoms with Gasteiger partial charge in [0.15, 0.2) is 0 Å². The minimum absolute atomic E-state index is 0.0201. The maximum atomic E-state index is 13.8. The van der Waals surface area contributed by atoms with Gasteiger partial charge >= 0.3 is 0 Å². The highest BCUT2D eigenvalue weighted by Gasteiger charge is 2.47. The second kappa shape index (κ2) is 6.03. The van der Waals surface area contributed by atoms with Crippen LogP contribution >= 0.6 is 0 Å². The second-order valence-electron chi connectivity index (χ2n) is 5.89. The fourth-order valence-corrected chi connectivity index (χ4v) is 2.88. The summed E-state index contributed by atoms with van der Waals surface area (Å²) in [6, 6.07) is 9.98. The van der Waals surface area contributed by atoms with Crippen LogP contribution in [-0.2, 0) is 4.79 Å². The lowest BCUT2D eigenvalue weighted by Crippen LogP contribution is -2.28. The van der Waals surface area contributed by atoms with Crippen molar-refractivity contribution in [1.29, 1.82) is 0 Å². The summed E-state index contributed by atoms with van der Waals surface area (Å²) in [4.78, 5) is 25.0. The summed E-state index contributed by atoms with van der Waals surface area (Å²) < 4.78 is 27.6. The summed E-state index contributed by atoms with van der Waals surface area (Å²) in [5, 5.41) is 0. The Hall–Kier alpha value is -2.76. The minimum Gasteiger partial charge on any atom is -0.366 e. The maximum absolute atomic E-state index is 13.8. The molecule has 1 fully saturated rings. The van der Waals surface area contributed by atoms with Gasteiger partial charge in [-0.05, 0) is 42.8 Å². The molecule has 2 N–H and O–H groups in total. The van der Waals surface area contributed by atoms with Crippen molar-refractivity contribution >= 4 is 17.5 Å². The van der Waals surface area contributed by atoms with E-state index in [-0.39, 0.29) is 11.5 Å². The zero-order chi connectivity index (χ0) is 17.4. The molecule has 0 bridgehead atoms. The Morgan fingerprint density at radius 3 is 2.21 bits per heavy atom. The van der Waals surface area contributed by atoms with Crippen LogP contribution in [0.5, 0.6) is 0 Å². The van der Waals surface area contributed by atoms with Crippen molar-refractivity contribution in [2.75, 3.05) is 11.9 Å². The van der Waals surface area contributed by atoms with E-state index >= 15 is 0 Å². The molecule has 0 spiro atoms. The lowest BCUT2D eigenvalue weighted by Gasteiger charge is -2.18. The molecule has 3 rings (SSSR count). The van der Waals surface area contributed by atoms with E-state index in [2.05, 4.69) is 0 Å². The number of rotatable bonds is 4. The predicted octanol–water partition coefficient (Wildman–Crippen LogP) is 2.83. The van der Waals surface area contributed by atoms with Crippen LogP contribution in [-0.4, -0.2) is 18.9 Å². The Labute approximate surface area is 137 Å². The zero-order valence-electron chi connectivity index (χ0n) is 13.0. The summed E-state index contributed by atoms with van der Waals surface area (Å²) in [5.74, 6) is -2.89. The van der Waals surface area contributed by atoms with Crippen LogP contribution in [0, 0.1) is 17.6 Å². The van der Waals surface area contributed by atoms with Crippen molar-refractivity contribution in [3.05, 3.63) is 65.2 Å². The first kappa shape index (κ1) is 16.1. The van der Waals surface area contributed by atoms with Gasteiger partial charge in [-0.15, -0.1) is 0 Å². The van der Waals surface area contributed by atoms with Gasteiger partial charge in [0, 0.05) is 35.7 Å². The van der Waals surface area contributed by atoms with E-state index in [9.17, 15) is 18.4 Å². The molecule has 6 heteroatoms. The molecular formula is C18H16F2N2O2. The van der Waals surface area contributed by atoms with E-state index in [0.29, 0.717) is 17.7 Å². The van der Waals surface area contributed by atoms with Crippen LogP contribution < -0.4 is 10.6 Å². The summed E-state index contributed by atoms with van der Waals surface area (Å²) in [5.41, 5.74) is 6.09. The van der Waals surface area contributed by atoms with Gasteiger partial charge in [0.25, 0.3) is 0 Å². The first-order valence-corrected chi connectivity index (χ1v) is 7.51. The van der Waals surface area contributed by atoms with Crippen molar-refractivity contribution in [3.63, 3.8) is 0 Å². The van der Waals surface area contributed by atoms with Crippen molar-refractivity contribution in [3.8, 4) is 0 Å². The van der Waals surface area contributed by atoms with E-state index in [4.69, 9.17) is 5.73 Å². The Morgan fingerprint density at radius 1 is 1.08 bits per heavy atom. The number of nitrogens with two attached hydrogens (primary N) is 1. The fraction of sp³-hybridized carbons (Fsp3) is 0.222. The number of halogens is 2. The summed E-state index contributed by atoms with van der Waals surface area (Å²) >= 11 is 0. The molecule has 2 aromatic carbocycles. The monoisotopic (exact) mass is 330 g/mol. The molecule has 0 heterocycles. The van der Waals surface area contributed by atoms with E-state index in [0.717, 1.165) is 0 Å². The average Bonchev–Trinajstić information content (AvgIpc) is 3.33. The maximum Gasteiger partial charge on any atom is 0.248 e. The Balaban J connectivity index is 1.75. The van der Waals surface area contributed by atoms with Crippen LogP contribution in [0.1, 0.15) is 28.3 Å². The predicted molar refractivity (Wildman–Crippen MR) is 85.6 cm³/mol. The van der Waals surface area contributed by atoms with E-state index in [1.165, 1.54) is 35.2 Å². The smallest absolute Gasteiger partial charge is 0.248 e. The normalized spacial score (nSPS) is 19.0. The second-order valence-corrected chi connectivity index (χ2v) is 5.89. The number of benzene rings is 2. The molecule has 124 valence electrons. The van der Waals surface area contributed by atoms with Crippen LogP contribution in [0.25, 0.3) is 0 Å². The van der Waals surface area contributed by atoms with Crippen molar-refractivity contribution < 1.29 is 18.4 Å². The van der Waals surface area contributed by atoms with E-state index in [1.54, 1.807) is 19.2 Å². The first-order valence-electron chi connectivity index (χ1n) is 7.51. The molecule has 1 aliphatic rings. The summed E-state index contributed by atoms with van der Waals surface area (Å²) in [6.07, 6.45) is 0.417. The fourth-order valence-electron chi connectivity index (χ4n) is 2.88. The lowest BCUT2D eigenvalue weighted by atomic mass is 10.1. The number of amides is 2. The molecule has 1 saturated carbocycles. The Bertz CT molecular complexity index is 785. The van der Waals surface area contributed by atoms with Gasteiger partial charge in [0.1, 0.15) is 11.6 Å². The van der Waals surface area contributed by atoms with Crippen LogP contribution in [0.4, 0.5) is 14.5 Å². The largest absolute Gasteiger partial charge is 0.366 e. The molecule has 24 heavy (non-hydrogen) atoms. The van der Waals surface area contributed by atoms with Crippen LogP contribution in [0.2, 0.25) is 0 Å². The molecule has 2 aromatic rings. The molecule has 0 unspecified atom stereocenters. The molecule has 2 atom stereocenters. The third-order valence-corrected chi connectivity index (χ3v) is 4.35. The number of hydrogen-bond donors (Lipinski definition) is 1. The third kappa shape index (κ3) is 2.87. The molecular weight excluding hydrogens is 314 g/mol. The summed E-state index contributed by atoms with van der Waals surface area (Å²) in [6.45, 7) is 0. The number of primary amides is 1. The SMILES string of the molecule is CN(C(=O)[C@H]1C[C@H]1c1c(F)cccc1F)c1ccc(C(N)=O)cc1. The summed E-state index contributed by atoms with van der Waals surface area (Å²) in [7, 11) is 1.59. The molecule has 0 aliphatic heterocycles. The molecule has 0 saturated heterocycles. The van der Waals surface area contributed by atoms with Gasteiger partial charge in [-0.3, -0.25) is 9.59 Å². The van der Waals surface area contributed by atoms with Crippen molar-refractivity contribution in [2.45, 2.75) is 12.3 Å². The van der Waals surface area contributed by atoms with E-state index < -0.39 is 29.4 Å². The highest BCUT2D eigenvalue weighted by molar-refractivity contribution is 5.98. The van der Waals surface area contributed by atoms with Gasteiger partial charge in [-0.25, -0.2) is 8.78 Å². The molecule has 0 aromatic heterocycles. The standard InChI is InChI=1S/C18H16F2N2O2/c1-22(11-7-5-10(6-8-11)17(21)23)18(24)13-9-12(13)16-14(19)3-2-4-15(16)20/h2-8,12-13H,9H2,1H3,(H2,21,23)/t12-,13+/m1/s1. The van der Waals surface area contributed by atoms with Gasteiger partial charge in [-0.2, -0.15) is 0 Å². The number of anilines is 1. The lowest BCUT2D eigenvalue weighted by molar-refractivity contribution is -0.119. The van der Waals surface area contributed by atoms with E-state index in [1.807, 2.05) is 0 Å². The highest BCUT2D eigenvalue weighted by Crippen LogP contribution is 2.50. The zero-order valence-corrected chi connectivity index (χ0v) is 13.0. The Kier molecular flexibility index (Phi) is 4.05. The van der Waals surface area contributed by atoms with Gasteiger partial charge in [-0.1, -0.05) is 6.07 Å². The number of hydrogen-bond acceptors (Lipinski definition) is 2. The molecule has 1 aliphatic carbocycles. The third-order valence-electron chi connectivity index (χ3n) is 4.35. The number of nitrogens with zero attached hydrogens (tertiary/aromatic N) is 1. The van der Waals surface area contributed by atoms with Crippen molar-refractivity contribution in [2.24, 2.45) is 11.7 Å². The Morgan fingerprint density at radius 2 is 1.67 bits per heavy atom. The topological polar surface area (TPSA) is 63.4 Å². The molecule has 2 amide bonds. The first-order chi connectivity index (χ1) is 11.4.